The number of rotatable bonds is 2. The summed E-state index contributed by atoms with van der Waals surface area (Å²) in [7, 11) is 0. The highest BCUT2D eigenvalue weighted by Crippen LogP contribution is 2.28. The molecule has 1 aromatic carbocycles. The van der Waals surface area contributed by atoms with Crippen LogP contribution in [0.5, 0.6) is 0 Å². The molecule has 0 fully saturated rings. The summed E-state index contributed by atoms with van der Waals surface area (Å²) in [5, 5.41) is 0.684. The van der Waals surface area contributed by atoms with Gasteiger partial charge in [-0.15, -0.1) is 0 Å². The second-order valence-electron chi connectivity index (χ2n) is 4.16. The van der Waals surface area contributed by atoms with Crippen LogP contribution in [-0.4, -0.2) is 9.97 Å². The molecule has 3 aromatic rings. The Morgan fingerprint density at radius 3 is 1.63 bits per heavy atom. The van der Waals surface area contributed by atoms with E-state index in [4.69, 9.17) is 11.6 Å². The lowest BCUT2D eigenvalue weighted by molar-refractivity contribution is 1.31. The van der Waals surface area contributed by atoms with Crippen molar-refractivity contribution in [2.45, 2.75) is 0 Å². The predicted octanol–water partition coefficient (Wildman–Crippen LogP) is 4.46. The van der Waals surface area contributed by atoms with Crippen molar-refractivity contribution in [3.05, 3.63) is 72.0 Å². The van der Waals surface area contributed by atoms with Crippen molar-refractivity contribution in [3.8, 4) is 22.5 Å². The minimum absolute atomic E-state index is 0.684. The Kier molecular flexibility index (Phi) is 3.25. The molecule has 0 aliphatic heterocycles. The first kappa shape index (κ1) is 11.9. The van der Waals surface area contributed by atoms with Gasteiger partial charge >= 0.3 is 0 Å². The molecule has 0 bridgehead atoms. The van der Waals surface area contributed by atoms with Gasteiger partial charge in [-0.2, -0.15) is 0 Å². The summed E-state index contributed by atoms with van der Waals surface area (Å²) in [6, 6.07) is 17.5. The number of aromatic nitrogens is 2. The maximum atomic E-state index is 6.19. The van der Waals surface area contributed by atoms with Crippen molar-refractivity contribution in [1.29, 1.82) is 0 Å². The molecule has 0 saturated carbocycles. The van der Waals surface area contributed by atoms with E-state index in [1.54, 1.807) is 12.4 Å². The smallest absolute Gasteiger partial charge is 0.0702 e. The van der Waals surface area contributed by atoms with Gasteiger partial charge in [0.05, 0.1) is 11.4 Å². The van der Waals surface area contributed by atoms with Crippen LogP contribution in [-0.2, 0) is 0 Å². The molecule has 0 saturated heterocycles. The monoisotopic (exact) mass is 266 g/mol. The molecule has 0 radical (unpaired) electrons. The lowest BCUT2D eigenvalue weighted by Gasteiger charge is -2.06. The molecule has 3 heteroatoms. The summed E-state index contributed by atoms with van der Waals surface area (Å²) >= 11 is 6.19. The largest absolute Gasteiger partial charge is 0.256 e. The third kappa shape index (κ3) is 2.64. The molecular formula is C16H11ClN2. The quantitative estimate of drug-likeness (QED) is 0.684. The molecule has 2 heterocycles. The van der Waals surface area contributed by atoms with Gasteiger partial charge in [0.1, 0.15) is 0 Å². The fourth-order valence-electron chi connectivity index (χ4n) is 1.95. The van der Waals surface area contributed by atoms with Crippen molar-refractivity contribution in [1.82, 2.24) is 9.97 Å². The third-order valence-electron chi connectivity index (χ3n) is 2.82. The van der Waals surface area contributed by atoms with E-state index in [-0.39, 0.29) is 0 Å². The SMILES string of the molecule is Clc1cc(-c2ccccn2)cc(-c2ccccn2)c1. The number of hydrogen-bond acceptors (Lipinski definition) is 2. The molecule has 0 spiro atoms. The lowest BCUT2D eigenvalue weighted by atomic mass is 10.0. The molecule has 2 aromatic heterocycles. The van der Waals surface area contributed by atoms with Gasteiger partial charge in [0.15, 0.2) is 0 Å². The van der Waals surface area contributed by atoms with Gasteiger partial charge < -0.3 is 0 Å². The minimum atomic E-state index is 0.684. The number of nitrogens with zero attached hydrogens (tertiary/aromatic N) is 2. The number of benzene rings is 1. The highest BCUT2D eigenvalue weighted by atomic mass is 35.5. The Balaban J connectivity index is 2.12. The summed E-state index contributed by atoms with van der Waals surface area (Å²) < 4.78 is 0. The number of pyridine rings is 2. The van der Waals surface area contributed by atoms with Crippen LogP contribution in [0.4, 0.5) is 0 Å². The van der Waals surface area contributed by atoms with Crippen molar-refractivity contribution in [3.63, 3.8) is 0 Å². The van der Waals surface area contributed by atoms with Crippen molar-refractivity contribution >= 4 is 11.6 Å². The van der Waals surface area contributed by atoms with Crippen LogP contribution in [0, 0.1) is 0 Å². The van der Waals surface area contributed by atoms with E-state index in [1.165, 1.54) is 0 Å². The second kappa shape index (κ2) is 5.21. The van der Waals surface area contributed by atoms with Crippen LogP contribution in [0.25, 0.3) is 22.5 Å². The van der Waals surface area contributed by atoms with Crippen LogP contribution >= 0.6 is 11.6 Å². The van der Waals surface area contributed by atoms with Crippen LogP contribution in [0.2, 0.25) is 5.02 Å². The molecule has 2 nitrogen and oxygen atoms in total. The topological polar surface area (TPSA) is 25.8 Å². The Labute approximate surface area is 116 Å². The average molecular weight is 267 g/mol. The van der Waals surface area contributed by atoms with E-state index in [0.717, 1.165) is 22.5 Å². The highest BCUT2D eigenvalue weighted by Gasteiger charge is 2.05. The number of halogens is 1. The molecule has 0 N–H and O–H groups in total. The Morgan fingerprint density at radius 2 is 1.21 bits per heavy atom. The zero-order valence-corrected chi connectivity index (χ0v) is 10.9. The summed E-state index contributed by atoms with van der Waals surface area (Å²) in [4.78, 5) is 8.69. The van der Waals surface area contributed by atoms with Crippen LogP contribution < -0.4 is 0 Å². The zero-order valence-electron chi connectivity index (χ0n) is 10.1. The van der Waals surface area contributed by atoms with Crippen molar-refractivity contribution < 1.29 is 0 Å². The minimum Gasteiger partial charge on any atom is -0.256 e. The third-order valence-corrected chi connectivity index (χ3v) is 3.04. The van der Waals surface area contributed by atoms with E-state index in [2.05, 4.69) is 16.0 Å². The average Bonchev–Trinajstić information content (AvgIpc) is 2.48. The molecule has 0 atom stereocenters. The van der Waals surface area contributed by atoms with E-state index in [1.807, 2.05) is 48.5 Å². The first-order chi connectivity index (χ1) is 9.33. The first-order valence-corrected chi connectivity index (χ1v) is 6.34. The fraction of sp³-hybridized carbons (Fsp3) is 0. The molecule has 0 aliphatic carbocycles. The van der Waals surface area contributed by atoms with Crippen molar-refractivity contribution in [2.75, 3.05) is 0 Å². The molecule has 3 rings (SSSR count). The molecule has 0 unspecified atom stereocenters. The van der Waals surface area contributed by atoms with Gasteiger partial charge in [-0.05, 0) is 42.5 Å². The molecule has 0 amide bonds. The summed E-state index contributed by atoms with van der Waals surface area (Å²) in [5.41, 5.74) is 3.80. The second-order valence-corrected chi connectivity index (χ2v) is 4.59. The van der Waals surface area contributed by atoms with Gasteiger partial charge in [-0.25, -0.2) is 0 Å². The molecular weight excluding hydrogens is 256 g/mol. The predicted molar refractivity (Wildman–Crippen MR) is 77.9 cm³/mol. The van der Waals surface area contributed by atoms with Gasteiger partial charge in [-0.3, -0.25) is 9.97 Å². The molecule has 92 valence electrons. The normalized spacial score (nSPS) is 10.4. The Hall–Kier alpha value is -2.19. The van der Waals surface area contributed by atoms with Crippen LogP contribution in [0.15, 0.2) is 67.0 Å². The molecule has 19 heavy (non-hydrogen) atoms. The summed E-state index contributed by atoms with van der Waals surface area (Å²) in [6.07, 6.45) is 3.55. The van der Waals surface area contributed by atoms with E-state index >= 15 is 0 Å². The zero-order chi connectivity index (χ0) is 13.1. The van der Waals surface area contributed by atoms with E-state index in [0.29, 0.717) is 5.02 Å². The first-order valence-electron chi connectivity index (χ1n) is 5.96. The number of hydrogen-bond donors (Lipinski definition) is 0. The van der Waals surface area contributed by atoms with Crippen LogP contribution in [0.1, 0.15) is 0 Å². The Bertz CT molecular complexity index is 624. The van der Waals surface area contributed by atoms with Gasteiger partial charge in [0, 0.05) is 28.5 Å². The van der Waals surface area contributed by atoms with E-state index in [9.17, 15) is 0 Å². The summed E-state index contributed by atoms with van der Waals surface area (Å²) in [5.74, 6) is 0. The summed E-state index contributed by atoms with van der Waals surface area (Å²) in [6.45, 7) is 0. The van der Waals surface area contributed by atoms with Gasteiger partial charge in [0.2, 0.25) is 0 Å². The standard InChI is InChI=1S/C16H11ClN2/c17-14-10-12(15-5-1-3-7-18-15)9-13(11-14)16-6-2-4-8-19-16/h1-11H. The van der Waals surface area contributed by atoms with Gasteiger partial charge in [0.25, 0.3) is 0 Å². The maximum Gasteiger partial charge on any atom is 0.0702 e. The molecule has 0 aliphatic rings. The van der Waals surface area contributed by atoms with Crippen LogP contribution in [0.3, 0.4) is 0 Å². The van der Waals surface area contributed by atoms with Gasteiger partial charge in [-0.1, -0.05) is 23.7 Å². The maximum absolute atomic E-state index is 6.19. The van der Waals surface area contributed by atoms with E-state index < -0.39 is 0 Å². The fourth-order valence-corrected chi connectivity index (χ4v) is 2.19. The highest BCUT2D eigenvalue weighted by molar-refractivity contribution is 6.31. The van der Waals surface area contributed by atoms with Crippen molar-refractivity contribution in [2.24, 2.45) is 0 Å². The Morgan fingerprint density at radius 1 is 0.684 bits per heavy atom. The lowest BCUT2D eigenvalue weighted by Crippen LogP contribution is -1.86.